The summed E-state index contributed by atoms with van der Waals surface area (Å²) in [5.74, 6) is 0.574. The minimum absolute atomic E-state index is 0.445. The predicted molar refractivity (Wildman–Crippen MR) is 86.4 cm³/mol. The lowest BCUT2D eigenvalue weighted by Crippen LogP contribution is -2.34. The average molecular weight is 296 g/mol. The summed E-state index contributed by atoms with van der Waals surface area (Å²) in [4.78, 5) is 0.754. The fraction of sp³-hybridized carbons (Fsp3) is 0.167. The lowest BCUT2D eigenvalue weighted by atomic mass is 9.91. The Morgan fingerprint density at radius 2 is 1.86 bits per heavy atom. The Morgan fingerprint density at radius 3 is 2.52 bits per heavy atom. The topological polar surface area (TPSA) is 25.8 Å². The summed E-state index contributed by atoms with van der Waals surface area (Å²) in [6, 6.07) is 15.5. The molecule has 21 heavy (non-hydrogen) atoms. The fourth-order valence-electron chi connectivity index (χ4n) is 2.73. The molecule has 0 fully saturated rings. The molecule has 2 nitrogen and oxygen atoms in total. The summed E-state index contributed by atoms with van der Waals surface area (Å²) in [6.45, 7) is 3.92. The molecule has 0 aliphatic carbocycles. The molecule has 1 heterocycles. The first kappa shape index (κ1) is 14.0. The second kappa shape index (κ2) is 5.43. The van der Waals surface area contributed by atoms with Crippen LogP contribution in [0.25, 0.3) is 0 Å². The Hall–Kier alpha value is -1.97. The van der Waals surface area contributed by atoms with Gasteiger partial charge in [-0.3, -0.25) is 0 Å². The van der Waals surface area contributed by atoms with E-state index in [2.05, 4.69) is 0 Å². The molecule has 0 saturated carbocycles. The molecule has 0 amide bonds. The van der Waals surface area contributed by atoms with Gasteiger partial charge in [-0.2, -0.15) is 0 Å². The smallest absolute Gasteiger partial charge is 0.274 e. The van der Waals surface area contributed by atoms with Crippen LogP contribution in [-0.2, 0) is 4.52 Å². The van der Waals surface area contributed by atoms with E-state index in [4.69, 9.17) is 12.2 Å². The van der Waals surface area contributed by atoms with E-state index in [-0.39, 0.29) is 0 Å². The molecule has 1 aliphatic rings. The highest BCUT2D eigenvalue weighted by Gasteiger charge is 2.37. The van der Waals surface area contributed by atoms with Gasteiger partial charge in [-0.25, -0.2) is 0 Å². The first-order valence-corrected chi connectivity index (χ1v) is 7.31. The molecule has 1 atom stereocenters. The summed E-state index contributed by atoms with van der Waals surface area (Å²) in [7, 11) is 0. The largest absolute Gasteiger partial charge is 0.556 e. The normalized spacial score (nSPS) is 19.8. The molecule has 0 bridgehead atoms. The van der Waals surface area contributed by atoms with Gasteiger partial charge in [0.1, 0.15) is 0 Å². The van der Waals surface area contributed by atoms with Gasteiger partial charge in [0.2, 0.25) is 6.10 Å². The summed E-state index contributed by atoms with van der Waals surface area (Å²) < 4.78 is 2.02. The van der Waals surface area contributed by atoms with Crippen molar-refractivity contribution in [1.82, 2.24) is 0 Å². The van der Waals surface area contributed by atoms with Crippen molar-refractivity contribution < 1.29 is 9.78 Å². The second-order valence-electron chi connectivity index (χ2n) is 5.16. The highest BCUT2D eigenvalue weighted by atomic mass is 32.1. The van der Waals surface area contributed by atoms with E-state index in [1.165, 1.54) is 0 Å². The Labute approximate surface area is 129 Å². The van der Waals surface area contributed by atoms with Crippen molar-refractivity contribution in [3.05, 3.63) is 76.9 Å². The minimum atomic E-state index is -0.445. The number of benzene rings is 2. The van der Waals surface area contributed by atoms with Gasteiger partial charge in [-0.15, -0.1) is 0 Å². The Bertz CT molecular complexity index is 719. The summed E-state index contributed by atoms with van der Waals surface area (Å²) in [5, 5.41) is 12.8. The predicted octanol–water partition coefficient (Wildman–Crippen LogP) is 3.96. The number of hydrogen-bond acceptors (Lipinski definition) is 2. The van der Waals surface area contributed by atoms with Gasteiger partial charge in [0.15, 0.2) is 0 Å². The van der Waals surface area contributed by atoms with Crippen molar-refractivity contribution in [3.63, 3.8) is 0 Å². The van der Waals surface area contributed by atoms with Crippen LogP contribution in [0.5, 0.6) is 5.75 Å². The molecule has 2 aromatic carbocycles. The van der Waals surface area contributed by atoms with Gasteiger partial charge in [-0.1, -0.05) is 42.6 Å². The van der Waals surface area contributed by atoms with E-state index in [9.17, 15) is 5.26 Å². The van der Waals surface area contributed by atoms with Crippen LogP contribution in [0.1, 0.15) is 29.7 Å². The molecule has 0 radical (unpaired) electrons. The van der Waals surface area contributed by atoms with Crippen molar-refractivity contribution in [2.75, 3.05) is 0 Å². The number of fused-ring (bicyclic) bond motifs is 1. The second-order valence-corrected chi connectivity index (χ2v) is 5.57. The van der Waals surface area contributed by atoms with E-state index in [0.717, 1.165) is 27.1 Å². The SMILES string of the molecule is CC=C1C(=S)c2cc(C)ccc2[O+]([O-])C1c1ccccc1. The quantitative estimate of drug-likeness (QED) is 0.344. The number of allylic oxidation sites excluding steroid dienone is 1. The summed E-state index contributed by atoms with van der Waals surface area (Å²) in [5.41, 5.74) is 3.72. The lowest BCUT2D eigenvalue weighted by molar-refractivity contribution is -0.780. The van der Waals surface area contributed by atoms with Gasteiger partial charge in [0.25, 0.3) is 5.75 Å². The molecule has 1 unspecified atom stereocenters. The molecular weight excluding hydrogens is 280 g/mol. The zero-order valence-corrected chi connectivity index (χ0v) is 12.8. The van der Waals surface area contributed by atoms with Crippen LogP contribution in [0, 0.1) is 6.92 Å². The van der Waals surface area contributed by atoms with Crippen LogP contribution in [0.3, 0.4) is 0 Å². The van der Waals surface area contributed by atoms with Crippen molar-refractivity contribution in [2.24, 2.45) is 0 Å². The van der Waals surface area contributed by atoms with Crippen LogP contribution in [0.2, 0.25) is 0 Å². The van der Waals surface area contributed by atoms with Crippen LogP contribution in [-0.4, -0.2) is 4.86 Å². The van der Waals surface area contributed by atoms with Crippen LogP contribution >= 0.6 is 12.2 Å². The van der Waals surface area contributed by atoms with Crippen LogP contribution in [0.4, 0.5) is 0 Å². The summed E-state index contributed by atoms with van der Waals surface area (Å²) >= 11 is 5.62. The number of thiocarbonyl (C=S) groups is 1. The molecule has 0 spiro atoms. The van der Waals surface area contributed by atoms with E-state index in [1.54, 1.807) is 0 Å². The Kier molecular flexibility index (Phi) is 3.62. The number of aryl methyl sites for hydroxylation is 1. The first-order valence-electron chi connectivity index (χ1n) is 6.90. The van der Waals surface area contributed by atoms with E-state index >= 15 is 0 Å². The van der Waals surface area contributed by atoms with Crippen molar-refractivity contribution in [2.45, 2.75) is 20.0 Å². The fourth-order valence-corrected chi connectivity index (χ4v) is 3.11. The zero-order chi connectivity index (χ0) is 15.0. The van der Waals surface area contributed by atoms with E-state index in [1.807, 2.05) is 73.0 Å². The highest BCUT2D eigenvalue weighted by Crippen LogP contribution is 2.45. The molecule has 2 aromatic rings. The van der Waals surface area contributed by atoms with Gasteiger partial charge in [0.05, 0.1) is 16.0 Å². The maximum atomic E-state index is 12.8. The Morgan fingerprint density at radius 1 is 1.14 bits per heavy atom. The maximum absolute atomic E-state index is 12.8. The molecule has 0 aromatic heterocycles. The maximum Gasteiger partial charge on any atom is 0.274 e. The van der Waals surface area contributed by atoms with Gasteiger partial charge >= 0.3 is 0 Å². The van der Waals surface area contributed by atoms with Crippen LogP contribution < -0.4 is 5.26 Å². The molecule has 0 saturated heterocycles. The van der Waals surface area contributed by atoms with Crippen molar-refractivity contribution in [1.29, 1.82) is 0 Å². The van der Waals surface area contributed by atoms with Gasteiger partial charge < -0.3 is 9.78 Å². The molecule has 0 N–H and O–H groups in total. The third-order valence-corrected chi connectivity index (χ3v) is 4.22. The van der Waals surface area contributed by atoms with Gasteiger partial charge in [0, 0.05) is 11.6 Å². The number of rotatable bonds is 1. The standard InChI is InChI=1S/C18H16O2S/c1-3-14-17(13-7-5-4-6-8-13)20(19)16-10-9-12(2)11-15(16)18(14)21/h3-11,17H,1-2H3. The van der Waals surface area contributed by atoms with Gasteiger partial charge in [-0.05, 0) is 37.6 Å². The third kappa shape index (κ3) is 2.28. The summed E-state index contributed by atoms with van der Waals surface area (Å²) in [6.07, 6.45) is 1.49. The van der Waals surface area contributed by atoms with Crippen LogP contribution in [0.15, 0.2) is 60.2 Å². The third-order valence-electron chi connectivity index (χ3n) is 3.77. The lowest BCUT2D eigenvalue weighted by Gasteiger charge is -2.39. The van der Waals surface area contributed by atoms with Crippen molar-refractivity contribution >= 4 is 17.1 Å². The number of hydrogen-bond donors (Lipinski definition) is 0. The monoisotopic (exact) mass is 296 g/mol. The van der Waals surface area contributed by atoms with Crippen molar-refractivity contribution in [3.8, 4) is 5.75 Å². The van der Waals surface area contributed by atoms with E-state index in [0.29, 0.717) is 5.75 Å². The molecular formula is C18H16O2S. The molecule has 106 valence electrons. The minimum Gasteiger partial charge on any atom is -0.556 e. The zero-order valence-electron chi connectivity index (χ0n) is 12.0. The first-order chi connectivity index (χ1) is 10.1. The molecule has 3 heteroatoms. The molecule has 1 aliphatic heterocycles. The Balaban J connectivity index is 2.19. The van der Waals surface area contributed by atoms with E-state index < -0.39 is 6.10 Å². The highest BCUT2D eigenvalue weighted by molar-refractivity contribution is 7.81. The molecule has 3 rings (SSSR count). The average Bonchev–Trinajstić information content (AvgIpc) is 2.51.